The van der Waals surface area contributed by atoms with Crippen molar-refractivity contribution in [3.63, 3.8) is 0 Å². The van der Waals surface area contributed by atoms with Crippen molar-refractivity contribution < 1.29 is 38.8 Å². The standard InChI is InChI=1S/C28H29FN6O8/c29-16-2-1-3-18-22(16)24(30)23(27(40)34-18)25-32-17-5-4-13(8-19(17)33-25)26(39)31-7-6-14(36)9-15(37)10-21(38)35-12-43-11-20(35)28(41)42/h1-5,8,14-15,20,36-37H,6-7,9-12H2,(H,31,39)(H,32,33)(H,41,42)(H3,30,34,40)/t14-,15-,20?/m1/s1. The molecule has 2 amide bonds. The predicted molar refractivity (Wildman–Crippen MR) is 151 cm³/mol. The van der Waals surface area contributed by atoms with E-state index in [1.165, 1.54) is 30.3 Å². The maximum absolute atomic E-state index is 14.4. The first-order valence-electron chi connectivity index (χ1n) is 13.4. The number of aromatic nitrogens is 3. The summed E-state index contributed by atoms with van der Waals surface area (Å²) in [6.07, 6.45) is -2.71. The van der Waals surface area contributed by atoms with E-state index >= 15 is 0 Å². The number of nitrogens with zero attached hydrogens (tertiary/aromatic N) is 2. The van der Waals surface area contributed by atoms with E-state index < -0.39 is 47.4 Å². The summed E-state index contributed by atoms with van der Waals surface area (Å²) < 4.78 is 19.5. The molecule has 1 aliphatic rings. The minimum Gasteiger partial charge on any atom is -0.480 e. The predicted octanol–water partition coefficient (Wildman–Crippen LogP) is 0.684. The molecule has 0 radical (unpaired) electrons. The molecule has 8 N–H and O–H groups in total. The maximum Gasteiger partial charge on any atom is 0.328 e. The number of nitrogens with two attached hydrogens (primary N) is 1. The summed E-state index contributed by atoms with van der Waals surface area (Å²) in [6, 6.07) is 7.72. The number of benzene rings is 2. The van der Waals surface area contributed by atoms with Crippen LogP contribution < -0.4 is 16.6 Å². The smallest absolute Gasteiger partial charge is 0.328 e. The molecule has 14 nitrogen and oxygen atoms in total. The first-order chi connectivity index (χ1) is 20.5. The van der Waals surface area contributed by atoms with Gasteiger partial charge in [-0.15, -0.1) is 0 Å². The molecule has 0 bridgehead atoms. The second-order valence-electron chi connectivity index (χ2n) is 10.2. The molecule has 0 aliphatic carbocycles. The Balaban J connectivity index is 1.18. The normalized spacial score (nSPS) is 16.4. The average molecular weight is 597 g/mol. The lowest BCUT2D eigenvalue weighted by atomic mass is 10.1. The highest BCUT2D eigenvalue weighted by Crippen LogP contribution is 2.30. The van der Waals surface area contributed by atoms with E-state index in [2.05, 4.69) is 20.3 Å². The molecule has 1 unspecified atom stereocenters. The molecular formula is C28H29FN6O8. The van der Waals surface area contributed by atoms with Crippen molar-refractivity contribution in [2.45, 2.75) is 37.5 Å². The van der Waals surface area contributed by atoms with Crippen LogP contribution >= 0.6 is 0 Å². The molecule has 0 spiro atoms. The van der Waals surface area contributed by atoms with Gasteiger partial charge in [0.1, 0.15) is 23.9 Å². The number of halogens is 1. The summed E-state index contributed by atoms with van der Waals surface area (Å²) in [7, 11) is 0. The summed E-state index contributed by atoms with van der Waals surface area (Å²) in [5.74, 6) is -2.76. The molecule has 3 heterocycles. The van der Waals surface area contributed by atoms with Gasteiger partial charge in [0.05, 0.1) is 52.9 Å². The van der Waals surface area contributed by atoms with Gasteiger partial charge in [-0.3, -0.25) is 14.4 Å². The Labute approximate surface area is 242 Å². The van der Waals surface area contributed by atoms with Crippen LogP contribution in [-0.4, -0.2) is 91.1 Å². The van der Waals surface area contributed by atoms with Gasteiger partial charge in [0, 0.05) is 12.1 Å². The molecule has 15 heteroatoms. The SMILES string of the molecule is Nc1c(-c2nc3ccc(C(=O)NCC[C@@H](O)C[C@@H](O)CC(=O)N4COCC4C(=O)O)cc3[nH]2)c(=O)[nH]c2cccc(F)c12. The molecule has 2 aromatic carbocycles. The quantitative estimate of drug-likeness (QED) is 0.136. The van der Waals surface area contributed by atoms with Gasteiger partial charge in [-0.2, -0.15) is 0 Å². The van der Waals surface area contributed by atoms with E-state index in [0.29, 0.717) is 11.0 Å². The van der Waals surface area contributed by atoms with Crippen LogP contribution in [0.3, 0.4) is 0 Å². The fourth-order valence-corrected chi connectivity index (χ4v) is 5.02. The Morgan fingerprint density at radius 2 is 1.95 bits per heavy atom. The number of rotatable bonds is 10. The number of pyridine rings is 1. The molecule has 1 fully saturated rings. The van der Waals surface area contributed by atoms with E-state index in [1.807, 2.05) is 0 Å². The fourth-order valence-electron chi connectivity index (χ4n) is 5.02. The maximum atomic E-state index is 14.4. The number of imidazole rings is 1. The fraction of sp³-hybridized carbons (Fsp3) is 0.321. The largest absolute Gasteiger partial charge is 0.480 e. The van der Waals surface area contributed by atoms with Crippen molar-refractivity contribution in [1.29, 1.82) is 0 Å². The van der Waals surface area contributed by atoms with Gasteiger partial charge >= 0.3 is 5.97 Å². The van der Waals surface area contributed by atoms with Crippen LogP contribution in [0.25, 0.3) is 33.3 Å². The number of nitrogens with one attached hydrogen (secondary N) is 3. The van der Waals surface area contributed by atoms with E-state index in [9.17, 15) is 33.8 Å². The number of carboxylic acids is 1. The number of carbonyl (C=O) groups is 3. The molecule has 3 atom stereocenters. The molecule has 43 heavy (non-hydrogen) atoms. The average Bonchev–Trinajstić information content (AvgIpc) is 3.60. The van der Waals surface area contributed by atoms with Crippen molar-refractivity contribution >= 4 is 45.4 Å². The van der Waals surface area contributed by atoms with Crippen LogP contribution in [0, 0.1) is 5.82 Å². The number of carboxylic acid groups (broad SMARTS) is 1. The zero-order valence-corrected chi connectivity index (χ0v) is 22.7. The van der Waals surface area contributed by atoms with Gasteiger partial charge in [0.2, 0.25) is 5.91 Å². The molecule has 5 rings (SSSR count). The van der Waals surface area contributed by atoms with E-state index in [1.54, 1.807) is 6.07 Å². The van der Waals surface area contributed by atoms with Crippen molar-refractivity contribution in [2.75, 3.05) is 25.6 Å². The minimum absolute atomic E-state index is 0.0341. The zero-order chi connectivity index (χ0) is 30.8. The second kappa shape index (κ2) is 12.2. The van der Waals surface area contributed by atoms with Gasteiger partial charge in [0.15, 0.2) is 6.04 Å². The topological polar surface area (TPSA) is 224 Å². The number of aliphatic hydroxyl groups is 2. The number of anilines is 1. The number of carbonyl (C=O) groups excluding carboxylic acids is 2. The highest BCUT2D eigenvalue weighted by Gasteiger charge is 2.35. The third kappa shape index (κ3) is 6.18. The van der Waals surface area contributed by atoms with Gasteiger partial charge in [0.25, 0.3) is 11.5 Å². The number of hydrogen-bond donors (Lipinski definition) is 7. The monoisotopic (exact) mass is 596 g/mol. The number of ether oxygens (including phenoxy) is 1. The van der Waals surface area contributed by atoms with Crippen molar-refractivity contribution in [3.05, 3.63) is 58.1 Å². The van der Waals surface area contributed by atoms with Gasteiger partial charge < -0.3 is 46.0 Å². The van der Waals surface area contributed by atoms with Crippen LogP contribution in [-0.2, 0) is 14.3 Å². The summed E-state index contributed by atoms with van der Waals surface area (Å²) in [5.41, 5.74) is 6.87. The highest BCUT2D eigenvalue weighted by molar-refractivity contribution is 6.00. The minimum atomic E-state index is -1.22. The molecule has 1 saturated heterocycles. The van der Waals surface area contributed by atoms with Gasteiger partial charge in [-0.25, -0.2) is 14.2 Å². The molecule has 226 valence electrons. The first kappa shape index (κ1) is 29.6. The van der Waals surface area contributed by atoms with E-state index in [0.717, 1.165) is 4.90 Å². The first-order valence-corrected chi connectivity index (χ1v) is 13.4. The molecule has 1 aliphatic heterocycles. The number of hydrogen-bond acceptors (Lipinski definition) is 9. The third-order valence-electron chi connectivity index (χ3n) is 7.21. The summed E-state index contributed by atoms with van der Waals surface area (Å²) in [5, 5.41) is 32.4. The molecule has 0 saturated carbocycles. The van der Waals surface area contributed by atoms with Crippen LogP contribution in [0.1, 0.15) is 29.6 Å². The Morgan fingerprint density at radius 3 is 2.72 bits per heavy atom. The lowest BCUT2D eigenvalue weighted by molar-refractivity contribution is -0.148. The van der Waals surface area contributed by atoms with Crippen molar-refractivity contribution in [2.24, 2.45) is 0 Å². The lowest BCUT2D eigenvalue weighted by Gasteiger charge is -2.22. The van der Waals surface area contributed by atoms with Crippen LogP contribution in [0.2, 0.25) is 0 Å². The number of aliphatic carboxylic acids is 1. The summed E-state index contributed by atoms with van der Waals surface area (Å²) >= 11 is 0. The molecular weight excluding hydrogens is 567 g/mol. The zero-order valence-electron chi connectivity index (χ0n) is 22.7. The number of fused-ring (bicyclic) bond motifs is 2. The molecule has 4 aromatic rings. The molecule has 2 aromatic heterocycles. The second-order valence-corrected chi connectivity index (χ2v) is 10.2. The lowest BCUT2D eigenvalue weighted by Crippen LogP contribution is -2.43. The van der Waals surface area contributed by atoms with E-state index in [-0.39, 0.29) is 72.7 Å². The van der Waals surface area contributed by atoms with E-state index in [4.69, 9.17) is 15.6 Å². The number of amides is 2. The van der Waals surface area contributed by atoms with Crippen molar-refractivity contribution in [1.82, 2.24) is 25.2 Å². The Kier molecular flexibility index (Phi) is 8.38. The van der Waals surface area contributed by atoms with Crippen LogP contribution in [0.5, 0.6) is 0 Å². The number of nitrogen functional groups attached to an aromatic ring is 1. The van der Waals surface area contributed by atoms with Crippen molar-refractivity contribution in [3.8, 4) is 11.4 Å². The van der Waals surface area contributed by atoms with Crippen LogP contribution in [0.4, 0.5) is 10.1 Å². The highest BCUT2D eigenvalue weighted by atomic mass is 19.1. The van der Waals surface area contributed by atoms with Gasteiger partial charge in [-0.05, 0) is 43.2 Å². The van der Waals surface area contributed by atoms with Gasteiger partial charge in [-0.1, -0.05) is 6.07 Å². The Hall–Kier alpha value is -4.86. The number of aromatic amines is 2. The summed E-state index contributed by atoms with van der Waals surface area (Å²) in [6.45, 7) is -0.255. The third-order valence-corrected chi connectivity index (χ3v) is 7.21. The number of aliphatic hydroxyl groups excluding tert-OH is 2. The Morgan fingerprint density at radius 1 is 1.16 bits per heavy atom. The van der Waals surface area contributed by atoms with Crippen LogP contribution in [0.15, 0.2) is 41.2 Å². The summed E-state index contributed by atoms with van der Waals surface area (Å²) in [4.78, 5) is 60.0. The Bertz CT molecular complexity index is 1770. The number of H-pyrrole nitrogens is 2.